The summed E-state index contributed by atoms with van der Waals surface area (Å²) < 4.78 is 8.11. The fraction of sp³-hybridized carbons (Fsp3) is 0.200. The third-order valence-corrected chi connectivity index (χ3v) is 7.19. The Bertz CT molecular complexity index is 1360. The van der Waals surface area contributed by atoms with Crippen molar-refractivity contribution in [2.24, 2.45) is 0 Å². The van der Waals surface area contributed by atoms with Crippen LogP contribution in [0.5, 0.6) is 0 Å². The molecule has 3 heterocycles. The summed E-state index contributed by atoms with van der Waals surface area (Å²) in [5.74, 6) is 2.02. The van der Waals surface area contributed by atoms with Gasteiger partial charge in [0, 0.05) is 6.42 Å². The Morgan fingerprint density at radius 3 is 2.58 bits per heavy atom. The van der Waals surface area contributed by atoms with Crippen molar-refractivity contribution >= 4 is 23.1 Å². The van der Waals surface area contributed by atoms with Gasteiger partial charge in [0.25, 0.3) is 5.89 Å². The molecule has 0 aliphatic carbocycles. The van der Waals surface area contributed by atoms with Crippen molar-refractivity contribution < 1.29 is 4.42 Å². The molecule has 33 heavy (non-hydrogen) atoms. The predicted octanol–water partition coefficient (Wildman–Crippen LogP) is 6.44. The average molecular weight is 474 g/mol. The van der Waals surface area contributed by atoms with Crippen LogP contribution in [0.25, 0.3) is 16.5 Å². The second-order valence-corrected chi connectivity index (χ2v) is 10.1. The number of thiophene rings is 1. The zero-order chi connectivity index (χ0) is 22.8. The number of benzene rings is 2. The quantitative estimate of drug-likeness (QED) is 0.253. The van der Waals surface area contributed by atoms with Crippen LogP contribution < -0.4 is 0 Å². The molecule has 0 fully saturated rings. The van der Waals surface area contributed by atoms with Gasteiger partial charge in [-0.15, -0.1) is 31.7 Å². The molecule has 0 saturated carbocycles. The molecule has 5 aromatic rings. The molecule has 8 heteroatoms. The highest BCUT2D eigenvalue weighted by atomic mass is 32.2. The number of rotatable bonds is 7. The first-order chi connectivity index (χ1) is 16.1. The molecule has 6 nitrogen and oxygen atoms in total. The SMILES string of the molecule is Cc1ccc(-n2c(Cc3ccccc3)nnc2SC(C)c2nnc(-c3cccs3)o2)c(C)c1. The Labute approximate surface area is 200 Å². The Hall–Kier alpha value is -3.23. The van der Waals surface area contributed by atoms with Gasteiger partial charge in [-0.25, -0.2) is 0 Å². The highest BCUT2D eigenvalue weighted by Crippen LogP contribution is 2.37. The van der Waals surface area contributed by atoms with Crippen LogP contribution in [0.2, 0.25) is 0 Å². The van der Waals surface area contributed by atoms with Crippen molar-refractivity contribution in [1.29, 1.82) is 0 Å². The molecule has 0 aliphatic heterocycles. The van der Waals surface area contributed by atoms with E-state index in [1.807, 2.05) is 42.6 Å². The maximum atomic E-state index is 5.96. The van der Waals surface area contributed by atoms with Crippen LogP contribution in [0.3, 0.4) is 0 Å². The smallest absolute Gasteiger partial charge is 0.257 e. The zero-order valence-electron chi connectivity index (χ0n) is 18.6. The molecule has 0 spiro atoms. The topological polar surface area (TPSA) is 69.6 Å². The van der Waals surface area contributed by atoms with Gasteiger partial charge < -0.3 is 4.42 Å². The summed E-state index contributed by atoms with van der Waals surface area (Å²) in [5.41, 5.74) is 4.67. The van der Waals surface area contributed by atoms with E-state index in [0.29, 0.717) is 18.2 Å². The van der Waals surface area contributed by atoms with Crippen LogP contribution >= 0.6 is 23.1 Å². The predicted molar refractivity (Wildman–Crippen MR) is 132 cm³/mol. The fourth-order valence-corrected chi connectivity index (χ4v) is 5.23. The Morgan fingerprint density at radius 1 is 0.970 bits per heavy atom. The van der Waals surface area contributed by atoms with Gasteiger partial charge in [0.1, 0.15) is 5.82 Å². The number of hydrogen-bond donors (Lipinski definition) is 0. The van der Waals surface area contributed by atoms with Crippen LogP contribution in [0.4, 0.5) is 0 Å². The van der Waals surface area contributed by atoms with E-state index in [-0.39, 0.29) is 5.25 Å². The van der Waals surface area contributed by atoms with E-state index in [1.165, 1.54) is 16.7 Å². The van der Waals surface area contributed by atoms with Crippen LogP contribution in [0.15, 0.2) is 75.6 Å². The molecule has 1 atom stereocenters. The van der Waals surface area contributed by atoms with Gasteiger partial charge >= 0.3 is 0 Å². The van der Waals surface area contributed by atoms with E-state index >= 15 is 0 Å². The molecule has 5 rings (SSSR count). The van der Waals surface area contributed by atoms with Gasteiger partial charge in [-0.05, 0) is 49.4 Å². The number of hydrogen-bond acceptors (Lipinski definition) is 7. The monoisotopic (exact) mass is 473 g/mol. The van der Waals surface area contributed by atoms with Crippen LogP contribution in [-0.2, 0) is 6.42 Å². The van der Waals surface area contributed by atoms with Crippen molar-refractivity contribution in [1.82, 2.24) is 25.0 Å². The number of aryl methyl sites for hydroxylation is 2. The molecule has 1 unspecified atom stereocenters. The minimum Gasteiger partial charge on any atom is -0.419 e. The molecule has 0 saturated heterocycles. The van der Waals surface area contributed by atoms with Crippen molar-refractivity contribution in [2.75, 3.05) is 0 Å². The minimum absolute atomic E-state index is 0.0792. The molecular formula is C25H23N5OS2. The molecule has 0 bridgehead atoms. The summed E-state index contributed by atoms with van der Waals surface area (Å²) in [5, 5.41) is 20.4. The van der Waals surface area contributed by atoms with E-state index in [4.69, 9.17) is 4.42 Å². The lowest BCUT2D eigenvalue weighted by Crippen LogP contribution is -2.06. The van der Waals surface area contributed by atoms with Gasteiger partial charge in [0.15, 0.2) is 5.16 Å². The van der Waals surface area contributed by atoms with Gasteiger partial charge in [0.2, 0.25) is 5.89 Å². The maximum absolute atomic E-state index is 5.96. The second kappa shape index (κ2) is 9.33. The number of thioether (sulfide) groups is 1. The summed E-state index contributed by atoms with van der Waals surface area (Å²) in [6, 6.07) is 20.7. The van der Waals surface area contributed by atoms with Crippen LogP contribution in [-0.4, -0.2) is 25.0 Å². The van der Waals surface area contributed by atoms with E-state index in [0.717, 1.165) is 21.5 Å². The average Bonchev–Trinajstić information content (AvgIpc) is 3.56. The standard InChI is InChI=1S/C25H23N5OS2/c1-16-11-12-20(17(2)14-16)30-22(15-19-8-5-4-6-9-19)26-29-25(30)33-18(3)23-27-28-24(31-23)21-10-7-13-32-21/h4-14,18H,15H2,1-3H3. The first-order valence-electron chi connectivity index (χ1n) is 10.7. The summed E-state index contributed by atoms with van der Waals surface area (Å²) in [7, 11) is 0. The molecule has 0 amide bonds. The van der Waals surface area contributed by atoms with Crippen molar-refractivity contribution in [2.45, 2.75) is 37.6 Å². The maximum Gasteiger partial charge on any atom is 0.257 e. The normalized spacial score (nSPS) is 12.2. The van der Waals surface area contributed by atoms with Gasteiger partial charge in [-0.3, -0.25) is 4.57 Å². The lowest BCUT2D eigenvalue weighted by molar-refractivity contribution is 0.510. The summed E-state index contributed by atoms with van der Waals surface area (Å²) in [6.45, 7) is 6.28. The van der Waals surface area contributed by atoms with E-state index in [2.05, 4.69) is 69.1 Å². The molecule has 3 aromatic heterocycles. The van der Waals surface area contributed by atoms with Gasteiger partial charge in [-0.2, -0.15) is 0 Å². The van der Waals surface area contributed by atoms with Crippen molar-refractivity contribution in [3.05, 3.63) is 94.4 Å². The van der Waals surface area contributed by atoms with Gasteiger partial charge in [0.05, 0.1) is 15.8 Å². The molecule has 0 radical (unpaired) electrons. The second-order valence-electron chi connectivity index (χ2n) is 7.87. The lowest BCUT2D eigenvalue weighted by atomic mass is 10.1. The van der Waals surface area contributed by atoms with E-state index in [1.54, 1.807) is 23.1 Å². The Kier molecular flexibility index (Phi) is 6.11. The fourth-order valence-electron chi connectivity index (χ4n) is 3.68. The molecule has 0 N–H and O–H groups in total. The summed E-state index contributed by atoms with van der Waals surface area (Å²) in [4.78, 5) is 0.967. The number of aromatic nitrogens is 5. The van der Waals surface area contributed by atoms with Crippen molar-refractivity contribution in [3.63, 3.8) is 0 Å². The third kappa shape index (κ3) is 4.62. The highest BCUT2D eigenvalue weighted by Gasteiger charge is 2.23. The Balaban J connectivity index is 1.49. The summed E-state index contributed by atoms with van der Waals surface area (Å²) >= 11 is 3.15. The van der Waals surface area contributed by atoms with Crippen LogP contribution in [0, 0.1) is 13.8 Å². The van der Waals surface area contributed by atoms with Crippen LogP contribution in [0.1, 0.15) is 40.6 Å². The highest BCUT2D eigenvalue weighted by molar-refractivity contribution is 7.99. The first-order valence-corrected chi connectivity index (χ1v) is 12.4. The molecular weight excluding hydrogens is 450 g/mol. The molecule has 0 aliphatic rings. The number of nitrogens with zero attached hydrogens (tertiary/aromatic N) is 5. The summed E-state index contributed by atoms with van der Waals surface area (Å²) in [6.07, 6.45) is 0.694. The van der Waals surface area contributed by atoms with Crippen molar-refractivity contribution in [3.8, 4) is 16.5 Å². The molecule has 2 aromatic carbocycles. The lowest BCUT2D eigenvalue weighted by Gasteiger charge is -2.14. The zero-order valence-corrected chi connectivity index (χ0v) is 20.2. The molecule has 166 valence electrons. The first kappa shape index (κ1) is 21.6. The van der Waals surface area contributed by atoms with E-state index < -0.39 is 0 Å². The largest absolute Gasteiger partial charge is 0.419 e. The van der Waals surface area contributed by atoms with Gasteiger partial charge in [-0.1, -0.05) is 65.9 Å². The Morgan fingerprint density at radius 2 is 1.82 bits per heavy atom. The minimum atomic E-state index is -0.0792. The third-order valence-electron chi connectivity index (χ3n) is 5.30. The van der Waals surface area contributed by atoms with E-state index in [9.17, 15) is 0 Å².